The van der Waals surface area contributed by atoms with E-state index in [4.69, 9.17) is 40.3 Å². The second-order valence-corrected chi connectivity index (χ2v) is 14.9. The normalized spacial score (nSPS) is 25.9. The van der Waals surface area contributed by atoms with Crippen LogP contribution in [-0.4, -0.2) is 170 Å². The van der Waals surface area contributed by atoms with Gasteiger partial charge in [-0.2, -0.15) is 4.98 Å². The quantitative estimate of drug-likeness (QED) is 0.0523. The monoisotopic (exact) mass is 906 g/mol. The second-order valence-electron chi connectivity index (χ2n) is 14.9. The summed E-state index contributed by atoms with van der Waals surface area (Å²) in [5.41, 5.74) is 12.8. The predicted octanol–water partition coefficient (Wildman–Crippen LogP) is -3.33. The van der Waals surface area contributed by atoms with Gasteiger partial charge in [-0.1, -0.05) is 20.3 Å². The van der Waals surface area contributed by atoms with E-state index in [2.05, 4.69) is 41.2 Å². The Kier molecular flexibility index (Phi) is 19.6. The van der Waals surface area contributed by atoms with Crippen LogP contribution in [0.2, 0.25) is 0 Å². The zero-order valence-corrected chi connectivity index (χ0v) is 35.7. The molecule has 0 aliphatic carbocycles. The van der Waals surface area contributed by atoms with Crippen molar-refractivity contribution in [2.24, 2.45) is 11.7 Å². The van der Waals surface area contributed by atoms with Gasteiger partial charge in [0.05, 0.1) is 56.5 Å². The van der Waals surface area contributed by atoms with Crippen LogP contribution in [0.5, 0.6) is 0 Å². The Morgan fingerprint density at radius 3 is 2.33 bits per heavy atom. The van der Waals surface area contributed by atoms with Gasteiger partial charge in [0.15, 0.2) is 23.7 Å². The number of aromatic amines is 1. The minimum absolute atomic E-state index is 0.0267. The first-order chi connectivity index (χ1) is 30.5. The van der Waals surface area contributed by atoms with Crippen molar-refractivity contribution < 1.29 is 68.4 Å². The number of aliphatic carboxylic acids is 1. The summed E-state index contributed by atoms with van der Waals surface area (Å²) in [7, 11) is 1.34. The van der Waals surface area contributed by atoms with Crippen molar-refractivity contribution in [3.05, 3.63) is 52.1 Å². The highest BCUT2D eigenvalue weighted by molar-refractivity contribution is 5.96. The number of aliphatic hydroxyl groups excluding tert-OH is 4. The molecule has 11 atom stereocenters. The first-order valence-electron chi connectivity index (χ1n) is 20.3. The first-order valence-corrected chi connectivity index (χ1v) is 20.3. The Balaban J connectivity index is 0.000000282. The van der Waals surface area contributed by atoms with Gasteiger partial charge in [-0.15, -0.1) is 0 Å². The summed E-state index contributed by atoms with van der Waals surface area (Å²) in [4.78, 5) is 73.3. The molecule has 14 N–H and O–H groups in total. The smallest absolute Gasteiger partial charge is 0.326 e. The number of nitrogens with one attached hydrogen (secondary N) is 5. The number of hydrogen-bond donors (Lipinski definition) is 12. The molecular formula is C39H58N10O15. The third-order valence-corrected chi connectivity index (χ3v) is 10.2. The highest BCUT2D eigenvalue weighted by Crippen LogP contribution is 2.31. The molecule has 64 heavy (non-hydrogen) atoms. The van der Waals surface area contributed by atoms with Crippen molar-refractivity contribution in [3.63, 3.8) is 0 Å². The van der Waals surface area contributed by atoms with Crippen LogP contribution in [0.1, 0.15) is 49.7 Å². The summed E-state index contributed by atoms with van der Waals surface area (Å²) in [6.45, 7) is 4.13. The summed E-state index contributed by atoms with van der Waals surface area (Å²) in [6, 6.07) is 3.52. The number of nitrogens with zero attached hydrogens (tertiary/aromatic N) is 3. The molecule has 2 aliphatic rings. The lowest BCUT2D eigenvalue weighted by Crippen LogP contribution is -2.67. The minimum atomic E-state index is -1.34. The van der Waals surface area contributed by atoms with Crippen LogP contribution in [-0.2, 0) is 44.6 Å². The number of rotatable bonds is 19. The van der Waals surface area contributed by atoms with E-state index in [9.17, 15) is 44.4 Å². The molecule has 0 spiro atoms. The fraction of sp³-hybridized carbons (Fsp3) is 0.590. The Hall–Kier alpha value is -5.48. The fourth-order valence-corrected chi connectivity index (χ4v) is 6.66. The van der Waals surface area contributed by atoms with Crippen molar-refractivity contribution in [3.8, 4) is 0 Å². The molecule has 2 aliphatic heterocycles. The van der Waals surface area contributed by atoms with Gasteiger partial charge >= 0.3 is 5.97 Å². The minimum Gasteiger partial charge on any atom is -0.480 e. The summed E-state index contributed by atoms with van der Waals surface area (Å²) in [5.74, 6) is -2.92. The van der Waals surface area contributed by atoms with E-state index in [-0.39, 0.29) is 49.3 Å². The SMILES string of the molecule is CCCC(NC(=O)c1ccc(NCc2cnc3nc(N)[nH]c(=O)c3n2)cc1)C(=O)O.COC1OC(CO)C(OC2OC(CO)C(C)C(O)C2NC(=O)COCCNC(C)=O)C(O)C1N. The van der Waals surface area contributed by atoms with Gasteiger partial charge in [-0.05, 0) is 30.7 Å². The van der Waals surface area contributed by atoms with Crippen LogP contribution >= 0.6 is 0 Å². The molecule has 0 bridgehead atoms. The van der Waals surface area contributed by atoms with Crippen LogP contribution in [0.25, 0.3) is 11.2 Å². The molecule has 0 radical (unpaired) electrons. The van der Waals surface area contributed by atoms with E-state index >= 15 is 0 Å². The number of fused-ring (bicyclic) bond motifs is 1. The third kappa shape index (κ3) is 14.0. The van der Waals surface area contributed by atoms with Crippen molar-refractivity contribution in [2.45, 2.75) is 101 Å². The molecule has 2 aromatic heterocycles. The number of H-pyrrole nitrogens is 1. The molecule has 2 fully saturated rings. The van der Waals surface area contributed by atoms with E-state index in [0.29, 0.717) is 29.8 Å². The van der Waals surface area contributed by atoms with Crippen LogP contribution in [0.15, 0.2) is 35.3 Å². The van der Waals surface area contributed by atoms with Gasteiger partial charge in [0.2, 0.25) is 17.8 Å². The average molecular weight is 907 g/mol. The van der Waals surface area contributed by atoms with Gasteiger partial charge in [-0.25, -0.2) is 14.8 Å². The molecule has 5 rings (SSSR count). The molecule has 3 amide bonds. The Morgan fingerprint density at radius 2 is 1.70 bits per heavy atom. The van der Waals surface area contributed by atoms with Crippen molar-refractivity contribution in [2.75, 3.05) is 51.1 Å². The number of aromatic nitrogens is 4. The molecule has 11 unspecified atom stereocenters. The van der Waals surface area contributed by atoms with Gasteiger partial charge < -0.3 is 82.0 Å². The zero-order valence-electron chi connectivity index (χ0n) is 35.7. The molecule has 3 aromatic rings. The van der Waals surface area contributed by atoms with E-state index in [1.165, 1.54) is 20.2 Å². The number of anilines is 2. The lowest BCUT2D eigenvalue weighted by Gasteiger charge is -2.47. The molecule has 25 nitrogen and oxygen atoms in total. The lowest BCUT2D eigenvalue weighted by atomic mass is 9.89. The summed E-state index contributed by atoms with van der Waals surface area (Å²) >= 11 is 0. The number of ether oxygens (including phenoxy) is 5. The first kappa shape index (κ1) is 51.2. The van der Waals surface area contributed by atoms with E-state index < -0.39 is 104 Å². The average Bonchev–Trinajstić information content (AvgIpc) is 3.27. The van der Waals surface area contributed by atoms with Crippen molar-refractivity contribution in [1.29, 1.82) is 0 Å². The Morgan fingerprint density at radius 1 is 1.02 bits per heavy atom. The number of aliphatic hydroxyl groups is 4. The van der Waals surface area contributed by atoms with Gasteiger partial charge in [0, 0.05) is 37.7 Å². The van der Waals surface area contributed by atoms with Gasteiger partial charge in [-0.3, -0.25) is 24.2 Å². The number of carboxylic acids is 1. The molecule has 0 saturated carbocycles. The lowest BCUT2D eigenvalue weighted by molar-refractivity contribution is -0.323. The van der Waals surface area contributed by atoms with E-state index in [1.807, 2.05) is 6.92 Å². The van der Waals surface area contributed by atoms with Crippen LogP contribution in [0.3, 0.4) is 0 Å². The fourth-order valence-electron chi connectivity index (χ4n) is 6.66. The number of nitrogen functional groups attached to an aromatic ring is 1. The Bertz CT molecular complexity index is 2060. The van der Waals surface area contributed by atoms with Crippen LogP contribution < -0.4 is 38.3 Å². The molecular weight excluding hydrogens is 848 g/mol. The maximum Gasteiger partial charge on any atom is 0.326 e. The topological polar surface area (TPSA) is 387 Å². The van der Waals surface area contributed by atoms with E-state index in [1.54, 1.807) is 31.2 Å². The summed E-state index contributed by atoms with van der Waals surface area (Å²) in [5, 5.41) is 60.8. The van der Waals surface area contributed by atoms with Crippen molar-refractivity contribution >= 4 is 46.5 Å². The molecule has 2 saturated heterocycles. The largest absolute Gasteiger partial charge is 0.480 e. The summed E-state index contributed by atoms with van der Waals surface area (Å²) in [6.07, 6.45) is -5.39. The maximum absolute atomic E-state index is 12.4. The van der Waals surface area contributed by atoms with Crippen LogP contribution in [0, 0.1) is 5.92 Å². The number of benzene rings is 1. The van der Waals surface area contributed by atoms with E-state index in [0.717, 1.165) is 0 Å². The highest BCUT2D eigenvalue weighted by Gasteiger charge is 2.50. The number of carbonyl (C=O) groups excluding carboxylic acids is 3. The van der Waals surface area contributed by atoms with Crippen molar-refractivity contribution in [1.82, 2.24) is 35.9 Å². The van der Waals surface area contributed by atoms with Gasteiger partial charge in [0.25, 0.3) is 11.5 Å². The van der Waals surface area contributed by atoms with Gasteiger partial charge in [0.1, 0.15) is 37.0 Å². The number of carboxylic acid groups (broad SMARTS) is 1. The van der Waals surface area contributed by atoms with Crippen LogP contribution in [0.4, 0.5) is 11.6 Å². The summed E-state index contributed by atoms with van der Waals surface area (Å²) < 4.78 is 27.5. The molecule has 25 heteroatoms. The number of amides is 3. The maximum atomic E-state index is 12.4. The number of methoxy groups -OCH3 is 1. The number of nitrogens with two attached hydrogens (primary N) is 2. The standard InChI is InChI=1S/C20H37N3O11.C19H21N7O4/c1-9-11(6-24)32-20(34-18-12(7-25)33-19(30-3)14(21)17(18)29)15(16(9)28)23-13(27)8-31-5-4-22-10(2)26;1-2-3-13(18(29)30)24-16(27)10-4-6-11(7-5-10)21-8-12-9-22-15-14(23-12)17(28)26-19(20)25-15/h9,11-12,14-20,24-25,28-29H,4-8,21H2,1-3H3,(H,22,26)(H,23,27);4-7,9,13,21H,2-3,8H2,1H3,(H,24,27)(H,29,30)(H3,20,22,25,26,28). The molecule has 354 valence electrons. The third-order valence-electron chi connectivity index (χ3n) is 10.2. The number of hydrogen-bond acceptors (Lipinski definition) is 20. The second kappa shape index (κ2) is 24.5. The number of carbonyl (C=O) groups is 4. The predicted molar refractivity (Wildman–Crippen MR) is 224 cm³/mol. The Labute approximate surface area is 366 Å². The highest BCUT2D eigenvalue weighted by atomic mass is 16.7. The molecule has 4 heterocycles. The zero-order chi connectivity index (χ0) is 47.1. The molecule has 1 aromatic carbocycles.